The van der Waals surface area contributed by atoms with Gasteiger partial charge in [0.15, 0.2) is 0 Å². The van der Waals surface area contributed by atoms with E-state index < -0.39 is 0 Å². The second-order valence-corrected chi connectivity index (χ2v) is 4.87. The number of anilines is 1. The average Bonchev–Trinajstić information content (AvgIpc) is 3.08. The molecule has 2 heterocycles. The fourth-order valence-corrected chi connectivity index (χ4v) is 2.62. The van der Waals surface area contributed by atoms with Crippen LogP contribution < -0.4 is 5.32 Å². The minimum Gasteiger partial charge on any atom is -0.384 e. The maximum Gasteiger partial charge on any atom is 0.0925 e. The fourth-order valence-electron chi connectivity index (χ4n) is 2.62. The Morgan fingerprint density at radius 3 is 2.78 bits per heavy atom. The number of hydrogen-bond acceptors (Lipinski definition) is 2. The van der Waals surface area contributed by atoms with Gasteiger partial charge in [-0.3, -0.25) is 0 Å². The van der Waals surface area contributed by atoms with Gasteiger partial charge in [0, 0.05) is 17.9 Å². The summed E-state index contributed by atoms with van der Waals surface area (Å²) in [6, 6.07) is 8.46. The maximum atomic E-state index is 4.20. The first kappa shape index (κ1) is 11.3. The molecule has 0 saturated heterocycles. The highest BCUT2D eigenvalue weighted by Gasteiger charge is 2.09. The smallest absolute Gasteiger partial charge is 0.0925 e. The number of hydrogen-bond donors (Lipinski definition) is 2. The van der Waals surface area contributed by atoms with Crippen molar-refractivity contribution in [2.24, 2.45) is 0 Å². The van der Waals surface area contributed by atoms with E-state index in [4.69, 9.17) is 0 Å². The van der Waals surface area contributed by atoms with Crippen LogP contribution in [0.1, 0.15) is 29.8 Å². The summed E-state index contributed by atoms with van der Waals surface area (Å²) in [4.78, 5) is 7.35. The summed E-state index contributed by atoms with van der Waals surface area (Å²) in [5.74, 6) is 0. The Morgan fingerprint density at radius 2 is 1.89 bits per heavy atom. The highest BCUT2D eigenvalue weighted by molar-refractivity contribution is 5.54. The zero-order chi connectivity index (χ0) is 12.2. The molecule has 4 rings (SSSR count). The van der Waals surface area contributed by atoms with Gasteiger partial charge in [0.2, 0.25) is 0 Å². The number of imidazole rings is 1. The van der Waals surface area contributed by atoms with Gasteiger partial charge in [-0.1, -0.05) is 18.2 Å². The first-order valence-corrected chi connectivity index (χ1v) is 6.76. The molecule has 1 aliphatic heterocycles. The van der Waals surface area contributed by atoms with Crippen molar-refractivity contribution in [1.82, 2.24) is 9.97 Å². The van der Waals surface area contributed by atoms with Gasteiger partial charge in [-0.25, -0.2) is 4.98 Å². The first-order valence-electron chi connectivity index (χ1n) is 6.76. The molecule has 0 saturated carbocycles. The molecule has 0 spiro atoms. The van der Waals surface area contributed by atoms with Gasteiger partial charge in [0.05, 0.1) is 12.0 Å². The van der Waals surface area contributed by atoms with E-state index in [1.54, 1.807) is 6.33 Å². The van der Waals surface area contributed by atoms with Crippen molar-refractivity contribution in [3.63, 3.8) is 0 Å². The van der Waals surface area contributed by atoms with Gasteiger partial charge >= 0.3 is 0 Å². The van der Waals surface area contributed by atoms with Gasteiger partial charge in [-0.15, -0.1) is 0 Å². The first-order chi connectivity index (χ1) is 8.93. The van der Waals surface area contributed by atoms with Crippen LogP contribution >= 0.6 is 0 Å². The largest absolute Gasteiger partial charge is 0.384 e. The number of fused-ring (bicyclic) bond motifs is 2. The standard InChI is InChI=1S/C8H9N.C7H10N2/c1-2-4-8-7(3-1)5-6-9-8;1-2-4-7-6(3-1)8-5-9-7/h1-4,9H,5-6H2;5H,1-4H2,(H,8,9). The summed E-state index contributed by atoms with van der Waals surface area (Å²) in [6.45, 7) is 1.11. The van der Waals surface area contributed by atoms with Gasteiger partial charge in [0.1, 0.15) is 0 Å². The summed E-state index contributed by atoms with van der Waals surface area (Å²) < 4.78 is 0. The third kappa shape index (κ3) is 2.40. The van der Waals surface area contributed by atoms with Gasteiger partial charge in [0.25, 0.3) is 0 Å². The van der Waals surface area contributed by atoms with E-state index in [9.17, 15) is 0 Å². The zero-order valence-electron chi connectivity index (χ0n) is 10.6. The number of nitrogens with zero attached hydrogens (tertiary/aromatic N) is 1. The monoisotopic (exact) mass is 241 g/mol. The number of benzene rings is 1. The summed E-state index contributed by atoms with van der Waals surface area (Å²) in [5.41, 5.74) is 5.43. The molecule has 0 amide bonds. The minimum atomic E-state index is 1.11. The van der Waals surface area contributed by atoms with Crippen molar-refractivity contribution < 1.29 is 0 Å². The molecule has 1 aliphatic carbocycles. The molecule has 1 aromatic carbocycles. The van der Waals surface area contributed by atoms with Crippen LogP contribution in [0.25, 0.3) is 0 Å². The van der Waals surface area contributed by atoms with Crippen LogP contribution in [0.3, 0.4) is 0 Å². The van der Waals surface area contributed by atoms with Crippen LogP contribution in [0.2, 0.25) is 0 Å². The van der Waals surface area contributed by atoms with E-state index in [2.05, 4.69) is 39.6 Å². The summed E-state index contributed by atoms with van der Waals surface area (Å²) in [5, 5.41) is 3.30. The second kappa shape index (κ2) is 5.25. The molecule has 0 atom stereocenters. The molecule has 18 heavy (non-hydrogen) atoms. The molecule has 94 valence electrons. The SMILES string of the molecule is c1ccc2c(c1)CCN2.c1nc2c([nH]1)CCCC2. The molecular formula is C15H19N3. The van der Waals surface area contributed by atoms with E-state index >= 15 is 0 Å². The van der Waals surface area contributed by atoms with Crippen molar-refractivity contribution in [2.45, 2.75) is 32.1 Å². The Labute approximate surface area is 108 Å². The van der Waals surface area contributed by atoms with Crippen LogP contribution in [-0.4, -0.2) is 16.5 Å². The topological polar surface area (TPSA) is 40.7 Å². The lowest BCUT2D eigenvalue weighted by Gasteiger charge is -2.07. The Hall–Kier alpha value is -1.77. The van der Waals surface area contributed by atoms with Crippen molar-refractivity contribution in [2.75, 3.05) is 11.9 Å². The van der Waals surface area contributed by atoms with Crippen LogP contribution in [0.15, 0.2) is 30.6 Å². The number of aromatic amines is 1. The van der Waals surface area contributed by atoms with Crippen LogP contribution in [-0.2, 0) is 19.3 Å². The van der Waals surface area contributed by atoms with Crippen LogP contribution in [0, 0.1) is 0 Å². The van der Waals surface area contributed by atoms with Gasteiger partial charge < -0.3 is 10.3 Å². The van der Waals surface area contributed by atoms with E-state index in [1.807, 2.05) is 0 Å². The maximum absolute atomic E-state index is 4.20. The van der Waals surface area contributed by atoms with E-state index in [0.29, 0.717) is 0 Å². The molecule has 0 unspecified atom stereocenters. The van der Waals surface area contributed by atoms with Crippen molar-refractivity contribution >= 4 is 5.69 Å². The predicted molar refractivity (Wildman–Crippen MR) is 73.9 cm³/mol. The lowest BCUT2D eigenvalue weighted by Crippen LogP contribution is -2.00. The lowest BCUT2D eigenvalue weighted by molar-refractivity contribution is 0.667. The third-order valence-electron chi connectivity index (χ3n) is 3.63. The van der Waals surface area contributed by atoms with E-state index in [1.165, 1.54) is 54.7 Å². The Bertz CT molecular complexity index is 472. The molecule has 2 N–H and O–H groups in total. The number of rotatable bonds is 0. The molecule has 1 aromatic heterocycles. The molecule has 0 bridgehead atoms. The normalized spacial score (nSPS) is 16.0. The second-order valence-electron chi connectivity index (χ2n) is 4.87. The molecular weight excluding hydrogens is 222 g/mol. The zero-order valence-corrected chi connectivity index (χ0v) is 10.6. The highest BCUT2D eigenvalue weighted by Crippen LogP contribution is 2.20. The number of nitrogens with one attached hydrogen (secondary N) is 2. The quantitative estimate of drug-likeness (QED) is 0.744. The third-order valence-corrected chi connectivity index (χ3v) is 3.63. The number of aromatic nitrogens is 2. The summed E-state index contributed by atoms with van der Waals surface area (Å²) in [6.07, 6.45) is 8.02. The van der Waals surface area contributed by atoms with Gasteiger partial charge in [-0.2, -0.15) is 0 Å². The summed E-state index contributed by atoms with van der Waals surface area (Å²) >= 11 is 0. The molecule has 3 heteroatoms. The molecule has 0 radical (unpaired) electrons. The van der Waals surface area contributed by atoms with Crippen molar-refractivity contribution in [1.29, 1.82) is 0 Å². The van der Waals surface area contributed by atoms with Gasteiger partial charge in [-0.05, 0) is 43.7 Å². The highest BCUT2D eigenvalue weighted by atomic mass is 14.9. The number of H-pyrrole nitrogens is 1. The van der Waals surface area contributed by atoms with Crippen molar-refractivity contribution in [3.05, 3.63) is 47.5 Å². The molecule has 0 fully saturated rings. The Balaban J connectivity index is 0.000000111. The number of aryl methyl sites for hydroxylation is 2. The van der Waals surface area contributed by atoms with E-state index in [0.717, 1.165) is 6.54 Å². The van der Waals surface area contributed by atoms with E-state index in [-0.39, 0.29) is 0 Å². The fraction of sp³-hybridized carbons (Fsp3) is 0.400. The van der Waals surface area contributed by atoms with Crippen LogP contribution in [0.5, 0.6) is 0 Å². The minimum absolute atomic E-state index is 1.11. The predicted octanol–water partition coefficient (Wildman–Crippen LogP) is 2.94. The molecule has 3 nitrogen and oxygen atoms in total. The molecule has 2 aromatic rings. The average molecular weight is 241 g/mol. The Morgan fingerprint density at radius 1 is 1.00 bits per heavy atom. The molecule has 2 aliphatic rings. The lowest BCUT2D eigenvalue weighted by atomic mass is 10.0. The summed E-state index contributed by atoms with van der Waals surface area (Å²) in [7, 11) is 0. The number of para-hydroxylation sites is 1. The van der Waals surface area contributed by atoms with Crippen molar-refractivity contribution in [3.8, 4) is 0 Å². The Kier molecular flexibility index (Phi) is 3.31. The van der Waals surface area contributed by atoms with Crippen LogP contribution in [0.4, 0.5) is 5.69 Å².